The molecule has 9 heteroatoms. The number of nitrogens with zero attached hydrogens (tertiary/aromatic N) is 3. The summed E-state index contributed by atoms with van der Waals surface area (Å²) in [6.45, 7) is 0.134. The summed E-state index contributed by atoms with van der Waals surface area (Å²) < 4.78 is 32.7. The number of halogens is 1. The lowest BCUT2D eigenvalue weighted by molar-refractivity contribution is -0.118. The minimum Gasteiger partial charge on any atom is -0.497 e. The summed E-state index contributed by atoms with van der Waals surface area (Å²) in [5.74, 6) is 0.242. The molecular weight excluding hydrogens is 390 g/mol. The van der Waals surface area contributed by atoms with Crippen LogP contribution >= 0.6 is 12.4 Å². The van der Waals surface area contributed by atoms with Crippen LogP contribution in [0.3, 0.4) is 0 Å². The van der Waals surface area contributed by atoms with Crippen molar-refractivity contribution in [2.75, 3.05) is 44.0 Å². The van der Waals surface area contributed by atoms with Crippen LogP contribution in [0.2, 0.25) is 0 Å². The molecule has 0 aliphatic carbocycles. The van der Waals surface area contributed by atoms with E-state index in [-0.39, 0.29) is 35.4 Å². The Morgan fingerprint density at radius 1 is 1.07 bits per heavy atom. The van der Waals surface area contributed by atoms with Crippen molar-refractivity contribution in [1.82, 2.24) is 4.90 Å². The minimum atomic E-state index is -3.82. The standard InChI is InChI=1S/C18H21N3O4S.ClH/c1-19(2)12-18(22)21-15-8-6-5-7-14(15)20(3)26(23,24)17-10-9-13(25-4)11-16(17)21;/h5-11H,12H2,1-4H3;1H. The number of methoxy groups -OCH3 is 1. The van der Waals surface area contributed by atoms with Gasteiger partial charge in [-0.1, -0.05) is 12.1 Å². The van der Waals surface area contributed by atoms with E-state index >= 15 is 0 Å². The van der Waals surface area contributed by atoms with Crippen molar-refractivity contribution in [3.63, 3.8) is 0 Å². The number of para-hydroxylation sites is 2. The molecule has 1 heterocycles. The Bertz CT molecular complexity index is 963. The van der Waals surface area contributed by atoms with Crippen LogP contribution in [-0.4, -0.2) is 54.0 Å². The van der Waals surface area contributed by atoms with Gasteiger partial charge in [-0.25, -0.2) is 8.42 Å². The number of hydrogen-bond donors (Lipinski definition) is 0. The molecule has 0 bridgehead atoms. The minimum absolute atomic E-state index is 0. The molecule has 0 unspecified atom stereocenters. The molecule has 0 saturated heterocycles. The number of likely N-dealkylation sites (N-methyl/N-ethyl adjacent to an activating group) is 1. The third-order valence-electron chi connectivity index (χ3n) is 4.21. The van der Waals surface area contributed by atoms with E-state index in [2.05, 4.69) is 0 Å². The number of fused-ring (bicyclic) bond motifs is 2. The lowest BCUT2D eigenvalue weighted by Crippen LogP contribution is -2.35. The first-order chi connectivity index (χ1) is 12.3. The molecule has 1 aliphatic heterocycles. The Balaban J connectivity index is 0.00000261. The van der Waals surface area contributed by atoms with Crippen molar-refractivity contribution in [2.24, 2.45) is 0 Å². The van der Waals surface area contributed by atoms with Crippen LogP contribution in [0.1, 0.15) is 0 Å². The third-order valence-corrected chi connectivity index (χ3v) is 6.03. The maximum atomic E-state index is 13.1. The molecule has 0 saturated carbocycles. The molecule has 0 aromatic heterocycles. The average molecular weight is 412 g/mol. The van der Waals surface area contributed by atoms with Crippen molar-refractivity contribution < 1.29 is 17.9 Å². The number of hydrogen-bond acceptors (Lipinski definition) is 5. The van der Waals surface area contributed by atoms with Crippen molar-refractivity contribution in [2.45, 2.75) is 4.90 Å². The number of anilines is 3. The first kappa shape index (κ1) is 21.0. The van der Waals surface area contributed by atoms with Crippen LogP contribution in [0, 0.1) is 0 Å². The van der Waals surface area contributed by atoms with Crippen LogP contribution in [0.15, 0.2) is 47.4 Å². The highest BCUT2D eigenvalue weighted by molar-refractivity contribution is 7.93. The first-order valence-electron chi connectivity index (χ1n) is 8.01. The van der Waals surface area contributed by atoms with Crippen molar-refractivity contribution in [3.8, 4) is 5.75 Å². The summed E-state index contributed by atoms with van der Waals surface area (Å²) in [4.78, 5) is 16.3. The van der Waals surface area contributed by atoms with Crippen molar-refractivity contribution in [1.29, 1.82) is 0 Å². The Labute approximate surface area is 165 Å². The fourth-order valence-electron chi connectivity index (χ4n) is 2.95. The van der Waals surface area contributed by atoms with E-state index in [0.29, 0.717) is 17.1 Å². The van der Waals surface area contributed by atoms with Gasteiger partial charge in [0.2, 0.25) is 5.91 Å². The van der Waals surface area contributed by atoms with Gasteiger partial charge in [-0.15, -0.1) is 12.4 Å². The normalized spacial score (nSPS) is 14.7. The highest BCUT2D eigenvalue weighted by atomic mass is 35.5. The maximum absolute atomic E-state index is 13.1. The summed E-state index contributed by atoms with van der Waals surface area (Å²) >= 11 is 0. The van der Waals surface area contributed by atoms with Gasteiger partial charge in [0.1, 0.15) is 10.6 Å². The smallest absolute Gasteiger partial charge is 0.266 e. The van der Waals surface area contributed by atoms with Crippen molar-refractivity contribution >= 4 is 45.4 Å². The summed E-state index contributed by atoms with van der Waals surface area (Å²) in [5.41, 5.74) is 1.24. The second kappa shape index (κ2) is 7.75. The summed E-state index contributed by atoms with van der Waals surface area (Å²) in [7, 11) is 2.74. The Hall–Kier alpha value is -2.29. The first-order valence-corrected chi connectivity index (χ1v) is 9.45. The van der Waals surface area contributed by atoms with Gasteiger partial charge in [0, 0.05) is 13.1 Å². The van der Waals surface area contributed by atoms with Crippen LogP contribution in [0.5, 0.6) is 5.75 Å². The lowest BCUT2D eigenvalue weighted by Gasteiger charge is -2.25. The van der Waals surface area contributed by atoms with Gasteiger partial charge in [-0.3, -0.25) is 14.0 Å². The number of amides is 1. The molecule has 146 valence electrons. The number of ether oxygens (including phenoxy) is 1. The summed E-state index contributed by atoms with van der Waals surface area (Å²) in [6, 6.07) is 11.6. The number of carbonyl (C=O) groups excluding carboxylic acids is 1. The number of carbonyl (C=O) groups is 1. The zero-order chi connectivity index (χ0) is 19.1. The van der Waals surface area contributed by atoms with Crippen molar-refractivity contribution in [3.05, 3.63) is 42.5 Å². The van der Waals surface area contributed by atoms with E-state index in [9.17, 15) is 13.2 Å². The zero-order valence-electron chi connectivity index (χ0n) is 15.5. The van der Waals surface area contributed by atoms with Gasteiger partial charge < -0.3 is 9.64 Å². The molecule has 7 nitrogen and oxygen atoms in total. The highest BCUT2D eigenvalue weighted by Crippen LogP contribution is 2.44. The molecule has 0 atom stereocenters. The predicted molar refractivity (Wildman–Crippen MR) is 108 cm³/mol. The second-order valence-corrected chi connectivity index (χ2v) is 8.20. The van der Waals surface area contributed by atoms with E-state index in [4.69, 9.17) is 4.74 Å². The average Bonchev–Trinajstić information content (AvgIpc) is 2.67. The fourth-order valence-corrected chi connectivity index (χ4v) is 4.32. The number of rotatable bonds is 3. The van der Waals surface area contributed by atoms with Gasteiger partial charge in [0.05, 0.1) is 30.7 Å². The monoisotopic (exact) mass is 411 g/mol. The molecular formula is C18H22ClN3O4S. The predicted octanol–water partition coefficient (Wildman–Crippen LogP) is 2.48. The number of sulfonamides is 1. The second-order valence-electron chi connectivity index (χ2n) is 6.26. The molecule has 27 heavy (non-hydrogen) atoms. The lowest BCUT2D eigenvalue weighted by atomic mass is 10.2. The van der Waals surface area contributed by atoms with E-state index in [1.165, 1.54) is 29.4 Å². The highest BCUT2D eigenvalue weighted by Gasteiger charge is 2.36. The van der Waals surface area contributed by atoms with Gasteiger partial charge in [-0.05, 0) is 38.4 Å². The van der Waals surface area contributed by atoms with E-state index < -0.39 is 10.0 Å². The van der Waals surface area contributed by atoms with E-state index in [1.807, 2.05) is 0 Å². The molecule has 1 aliphatic rings. The quantitative estimate of drug-likeness (QED) is 0.776. The summed E-state index contributed by atoms with van der Waals surface area (Å²) in [6.07, 6.45) is 0. The Kier molecular flexibility index (Phi) is 6.04. The van der Waals surface area contributed by atoms with Crippen LogP contribution < -0.4 is 13.9 Å². The molecule has 3 rings (SSSR count). The Morgan fingerprint density at radius 3 is 2.30 bits per heavy atom. The molecule has 0 radical (unpaired) electrons. The molecule has 0 fully saturated rings. The van der Waals surface area contributed by atoms with Gasteiger partial charge in [0.25, 0.3) is 10.0 Å². The largest absolute Gasteiger partial charge is 0.497 e. The number of benzene rings is 2. The van der Waals surface area contributed by atoms with Crippen LogP contribution in [0.4, 0.5) is 17.1 Å². The van der Waals surface area contributed by atoms with Crippen LogP contribution in [0.25, 0.3) is 0 Å². The maximum Gasteiger partial charge on any atom is 0.266 e. The zero-order valence-corrected chi connectivity index (χ0v) is 17.2. The van der Waals surface area contributed by atoms with Gasteiger partial charge in [0.15, 0.2) is 0 Å². The fraction of sp³-hybridized carbons (Fsp3) is 0.278. The van der Waals surface area contributed by atoms with Gasteiger partial charge in [-0.2, -0.15) is 0 Å². The Morgan fingerprint density at radius 2 is 1.70 bits per heavy atom. The molecule has 0 spiro atoms. The van der Waals surface area contributed by atoms with E-state index in [1.54, 1.807) is 55.4 Å². The third kappa shape index (κ3) is 3.60. The summed E-state index contributed by atoms with van der Waals surface area (Å²) in [5, 5.41) is 0. The van der Waals surface area contributed by atoms with Crippen LogP contribution in [-0.2, 0) is 14.8 Å². The molecule has 2 aromatic carbocycles. The molecule has 2 aromatic rings. The molecule has 1 amide bonds. The van der Waals surface area contributed by atoms with E-state index in [0.717, 1.165) is 0 Å². The molecule has 0 N–H and O–H groups in total. The topological polar surface area (TPSA) is 70.2 Å². The van der Waals surface area contributed by atoms with Gasteiger partial charge >= 0.3 is 0 Å². The SMILES string of the molecule is COc1ccc2c(c1)N(C(=O)CN(C)C)c1ccccc1N(C)S2(=O)=O.Cl.